The molecule has 0 unspecified atom stereocenters. The second-order valence-corrected chi connectivity index (χ2v) is 26.5. The molecule has 0 atom stereocenters. The summed E-state index contributed by atoms with van der Waals surface area (Å²) < 4.78 is 2.20. The Hall–Kier alpha value is -3.56. The van der Waals surface area contributed by atoms with Gasteiger partial charge in [0.2, 0.25) is 0 Å². The minimum absolute atomic E-state index is 1.10. The molecule has 0 N–H and O–H groups in total. The van der Waals surface area contributed by atoms with E-state index < -0.39 is 11.4 Å². The van der Waals surface area contributed by atoms with Crippen LogP contribution in [-0.2, 0) is 0 Å². The molecule has 0 radical (unpaired) electrons. The van der Waals surface area contributed by atoms with E-state index in [0.717, 1.165) is 31.0 Å². The third-order valence-corrected chi connectivity index (χ3v) is 19.4. The molecule has 0 aliphatic rings. The first-order valence-electron chi connectivity index (χ1n) is 18.0. The van der Waals surface area contributed by atoms with Gasteiger partial charge in [-0.2, -0.15) is 0 Å². The number of rotatable bonds is 6. The molecule has 0 amide bonds. The van der Waals surface area contributed by atoms with Gasteiger partial charge in [0, 0.05) is 0 Å². The molecule has 51 heavy (non-hydrogen) atoms. The van der Waals surface area contributed by atoms with E-state index in [9.17, 15) is 0 Å². The van der Waals surface area contributed by atoms with Gasteiger partial charge in [-0.1, -0.05) is 0 Å². The fourth-order valence-electron chi connectivity index (χ4n) is 9.16. The van der Waals surface area contributed by atoms with E-state index in [2.05, 4.69) is 168 Å². The molecular weight excluding hydrogens is 720 g/mol. The van der Waals surface area contributed by atoms with Crippen LogP contribution in [0.5, 0.6) is 0 Å². The van der Waals surface area contributed by atoms with E-state index in [0.29, 0.717) is 0 Å². The maximum atomic E-state index is 8.50. The van der Waals surface area contributed by atoms with Crippen LogP contribution in [0.1, 0.15) is 66.8 Å². The van der Waals surface area contributed by atoms with Crippen molar-refractivity contribution in [1.29, 1.82) is 0 Å². The molecule has 0 spiro atoms. The van der Waals surface area contributed by atoms with Crippen molar-refractivity contribution in [2.45, 2.75) is 83.1 Å². The molecule has 6 aromatic rings. The molecule has 0 saturated heterocycles. The molecule has 3 heteroatoms. The van der Waals surface area contributed by atoms with E-state index in [1.165, 1.54) is 89.0 Å². The number of hydrogen-bond donors (Lipinski definition) is 0. The van der Waals surface area contributed by atoms with E-state index in [-0.39, 0.29) is 0 Å². The van der Waals surface area contributed by atoms with Crippen molar-refractivity contribution in [2.75, 3.05) is 0 Å². The Kier molecular flexibility index (Phi) is 10.3. The van der Waals surface area contributed by atoms with Gasteiger partial charge < -0.3 is 0 Å². The first-order valence-corrected chi connectivity index (χ1v) is 25.6. The van der Waals surface area contributed by atoms with Crippen LogP contribution in [0.25, 0.3) is 44.5 Å². The molecule has 0 bridgehead atoms. The Morgan fingerprint density at radius 1 is 0.314 bits per heavy atom. The standard InChI is InChI=1S/C48H50Cl2Ge/c1-27-19-31(5)43(32(6)20-27)39-15-13-16-40(44-33(7)21-28(2)22-34(44)8)47(39)51(49,50)48-41(45-35(9)23-29(3)24-36(45)10)17-14-18-42(48)46-37(11)25-30(4)26-38(46)12/h13-26H,1-12H3. The van der Waals surface area contributed by atoms with Gasteiger partial charge in [0.05, 0.1) is 0 Å². The van der Waals surface area contributed by atoms with Crippen LogP contribution in [0.4, 0.5) is 0 Å². The van der Waals surface area contributed by atoms with Crippen molar-refractivity contribution in [3.8, 4) is 44.5 Å². The zero-order valence-electron chi connectivity index (χ0n) is 32.3. The summed E-state index contributed by atoms with van der Waals surface area (Å²) in [6.07, 6.45) is 0. The van der Waals surface area contributed by atoms with Crippen LogP contribution in [0.3, 0.4) is 0 Å². The van der Waals surface area contributed by atoms with Crippen molar-refractivity contribution in [2.24, 2.45) is 0 Å². The summed E-state index contributed by atoms with van der Waals surface area (Å²) >= 11 is -4.42. The van der Waals surface area contributed by atoms with Crippen LogP contribution in [0.15, 0.2) is 84.9 Å². The molecule has 260 valence electrons. The Labute approximate surface area is 317 Å². The molecular formula is C48H50Cl2Ge. The first-order chi connectivity index (χ1) is 24.0. The Bertz CT molecular complexity index is 1950. The van der Waals surface area contributed by atoms with Gasteiger partial charge in [-0.05, 0) is 0 Å². The number of hydrogen-bond acceptors (Lipinski definition) is 0. The number of benzene rings is 6. The first kappa shape index (κ1) is 37.2. The summed E-state index contributed by atoms with van der Waals surface area (Å²) in [5.74, 6) is 0. The van der Waals surface area contributed by atoms with Crippen molar-refractivity contribution in [3.05, 3.63) is 152 Å². The maximum absolute atomic E-state index is 8.50. The van der Waals surface area contributed by atoms with Gasteiger partial charge in [-0.3, -0.25) is 0 Å². The molecule has 0 aliphatic heterocycles. The van der Waals surface area contributed by atoms with Crippen LogP contribution in [0, 0.1) is 83.1 Å². The monoisotopic (exact) mass is 770 g/mol. The predicted octanol–water partition coefficient (Wildman–Crippen LogP) is 13.1. The van der Waals surface area contributed by atoms with Crippen LogP contribution >= 0.6 is 20.0 Å². The van der Waals surface area contributed by atoms with E-state index in [4.69, 9.17) is 20.0 Å². The molecule has 0 fully saturated rings. The summed E-state index contributed by atoms with van der Waals surface area (Å²) in [6.45, 7) is 26.5. The normalized spacial score (nSPS) is 11.7. The van der Waals surface area contributed by atoms with Crippen LogP contribution in [0.2, 0.25) is 0 Å². The van der Waals surface area contributed by atoms with Gasteiger partial charge in [-0.25, -0.2) is 0 Å². The summed E-state index contributed by atoms with van der Waals surface area (Å²) in [7, 11) is 17.0. The number of aryl methyl sites for hydroxylation is 12. The Morgan fingerprint density at radius 2 is 0.490 bits per heavy atom. The van der Waals surface area contributed by atoms with Crippen LogP contribution in [-0.4, -0.2) is 11.4 Å². The second kappa shape index (κ2) is 14.1. The minimum atomic E-state index is -4.42. The van der Waals surface area contributed by atoms with Crippen molar-refractivity contribution in [1.82, 2.24) is 0 Å². The Balaban J connectivity index is 1.85. The third kappa shape index (κ3) is 6.77. The zero-order valence-corrected chi connectivity index (χ0v) is 35.9. The SMILES string of the molecule is Cc1cc(C)c(-c2cccc(-c3c(C)cc(C)cc3C)[c]2[Ge]([Cl])([Cl])[c]2c(-c3c(C)cc(C)cc3C)cccc2-c2c(C)cc(C)cc2C)c(C)c1. The Morgan fingerprint density at radius 3 is 0.667 bits per heavy atom. The van der Waals surface area contributed by atoms with E-state index in [1.54, 1.807) is 0 Å². The van der Waals surface area contributed by atoms with Gasteiger partial charge in [0.1, 0.15) is 0 Å². The second-order valence-electron chi connectivity index (χ2n) is 15.1. The molecule has 0 aromatic heterocycles. The van der Waals surface area contributed by atoms with E-state index >= 15 is 0 Å². The quantitative estimate of drug-likeness (QED) is 0.148. The predicted molar refractivity (Wildman–Crippen MR) is 228 cm³/mol. The van der Waals surface area contributed by atoms with Gasteiger partial charge >= 0.3 is 320 Å². The summed E-state index contributed by atoms with van der Waals surface area (Å²) in [4.78, 5) is 0. The molecule has 0 saturated carbocycles. The summed E-state index contributed by atoms with van der Waals surface area (Å²) in [5, 5.41) is 0. The van der Waals surface area contributed by atoms with Gasteiger partial charge in [0.25, 0.3) is 0 Å². The average molecular weight is 770 g/mol. The summed E-state index contributed by atoms with van der Waals surface area (Å²) in [5.41, 5.74) is 24.4. The van der Waals surface area contributed by atoms with Crippen LogP contribution < -0.4 is 8.79 Å². The molecule has 0 heterocycles. The molecule has 0 aliphatic carbocycles. The fourth-order valence-corrected chi connectivity index (χ4v) is 18.5. The van der Waals surface area contributed by atoms with Gasteiger partial charge in [0.15, 0.2) is 0 Å². The zero-order chi connectivity index (χ0) is 37.1. The number of halogens is 2. The molecule has 6 aromatic carbocycles. The van der Waals surface area contributed by atoms with Crippen molar-refractivity contribution in [3.63, 3.8) is 0 Å². The topological polar surface area (TPSA) is 0 Å². The van der Waals surface area contributed by atoms with E-state index in [1.807, 2.05) is 0 Å². The summed E-state index contributed by atoms with van der Waals surface area (Å²) in [6, 6.07) is 31.8. The van der Waals surface area contributed by atoms with Gasteiger partial charge in [-0.15, -0.1) is 0 Å². The van der Waals surface area contributed by atoms with Crippen molar-refractivity contribution >= 4 is 40.2 Å². The third-order valence-electron chi connectivity index (χ3n) is 10.5. The van der Waals surface area contributed by atoms with Crippen molar-refractivity contribution < 1.29 is 0 Å². The average Bonchev–Trinajstić information content (AvgIpc) is 2.99. The molecule has 0 nitrogen and oxygen atoms in total. The fraction of sp³-hybridized carbons (Fsp3) is 0.250. The molecule has 6 rings (SSSR count).